The Labute approximate surface area is 150 Å². The summed E-state index contributed by atoms with van der Waals surface area (Å²) in [5.74, 6) is 0.290. The molecule has 0 heterocycles. The fourth-order valence-corrected chi connectivity index (χ4v) is 4.87. The zero-order valence-electron chi connectivity index (χ0n) is 15.3. The van der Waals surface area contributed by atoms with Gasteiger partial charge in [0.05, 0.1) is 12.5 Å². The van der Waals surface area contributed by atoms with E-state index in [4.69, 9.17) is 4.74 Å². The predicted octanol–water partition coefficient (Wildman–Crippen LogP) is 4.81. The van der Waals surface area contributed by atoms with Crippen LogP contribution in [-0.4, -0.2) is 18.9 Å². The lowest BCUT2D eigenvalue weighted by Crippen LogP contribution is -2.38. The number of carbonyl (C=O) groups is 2. The highest BCUT2D eigenvalue weighted by molar-refractivity contribution is 6.03. The maximum Gasteiger partial charge on any atom is 0.305 e. The Bertz CT molecular complexity index is 661. The van der Waals surface area contributed by atoms with Gasteiger partial charge in [-0.25, -0.2) is 0 Å². The highest BCUT2D eigenvalue weighted by atomic mass is 16.5. The maximum absolute atomic E-state index is 13.4. The second-order valence-electron chi connectivity index (χ2n) is 7.42. The van der Waals surface area contributed by atoms with Gasteiger partial charge in [0.15, 0.2) is 0 Å². The van der Waals surface area contributed by atoms with Crippen molar-refractivity contribution >= 4 is 17.3 Å². The van der Waals surface area contributed by atoms with E-state index in [1.165, 1.54) is 7.11 Å². The molecule has 3 unspecified atom stereocenters. The largest absolute Gasteiger partial charge is 0.469 e. The summed E-state index contributed by atoms with van der Waals surface area (Å²) in [6.07, 6.45) is 8.34. The zero-order chi connectivity index (χ0) is 17.9. The van der Waals surface area contributed by atoms with E-state index in [0.29, 0.717) is 12.2 Å². The predicted molar refractivity (Wildman–Crippen MR) is 98.8 cm³/mol. The Morgan fingerprint density at radius 3 is 2.68 bits per heavy atom. The third-order valence-corrected chi connectivity index (χ3v) is 6.06. The summed E-state index contributed by atoms with van der Waals surface area (Å²) in [5.41, 5.74) is 1.77. The highest BCUT2D eigenvalue weighted by Gasteiger charge is 2.58. The summed E-state index contributed by atoms with van der Waals surface area (Å²) < 4.78 is 4.94. The standard InChI is InChI=1S/C22H28O3/c1-3-4-8-13-22-18(15-20(23)25-2)14-17(21(22)24)11-12-19(22)16-9-6-5-7-10-16/h5-7,9-10,12,17-18H,3-4,8,11,13-15H2,1-2H3. The van der Waals surface area contributed by atoms with E-state index in [1.54, 1.807) is 0 Å². The molecule has 0 aromatic heterocycles. The number of methoxy groups -OCH3 is 1. The van der Waals surface area contributed by atoms with E-state index in [0.717, 1.165) is 49.7 Å². The first kappa shape index (κ1) is 17.9. The molecule has 0 spiro atoms. The van der Waals surface area contributed by atoms with Gasteiger partial charge in [-0.05, 0) is 36.3 Å². The Morgan fingerprint density at radius 2 is 2.00 bits per heavy atom. The Hall–Kier alpha value is -1.90. The van der Waals surface area contributed by atoms with Gasteiger partial charge in [-0.15, -0.1) is 0 Å². The average Bonchev–Trinajstić information content (AvgIpc) is 2.79. The minimum Gasteiger partial charge on any atom is -0.469 e. The average molecular weight is 340 g/mol. The topological polar surface area (TPSA) is 43.4 Å². The molecule has 134 valence electrons. The molecule has 0 saturated heterocycles. The third kappa shape index (κ3) is 3.17. The summed E-state index contributed by atoms with van der Waals surface area (Å²) in [5, 5.41) is 0. The van der Waals surface area contributed by atoms with Crippen LogP contribution in [0.1, 0.15) is 57.4 Å². The number of fused-ring (bicyclic) bond motifs is 2. The van der Waals surface area contributed by atoms with Crippen LogP contribution in [0.4, 0.5) is 0 Å². The van der Waals surface area contributed by atoms with Crippen LogP contribution in [0.15, 0.2) is 36.4 Å². The minimum atomic E-state index is -0.506. The lowest BCUT2D eigenvalue weighted by atomic mass is 9.63. The second kappa shape index (κ2) is 7.55. The first-order chi connectivity index (χ1) is 12.1. The van der Waals surface area contributed by atoms with Gasteiger partial charge in [0.2, 0.25) is 0 Å². The molecule has 1 aromatic rings. The molecule has 3 nitrogen and oxygen atoms in total. The van der Waals surface area contributed by atoms with E-state index < -0.39 is 5.41 Å². The smallest absolute Gasteiger partial charge is 0.305 e. The van der Waals surface area contributed by atoms with Crippen LogP contribution in [0.2, 0.25) is 0 Å². The minimum absolute atomic E-state index is 0.0586. The Kier molecular flexibility index (Phi) is 5.41. The van der Waals surface area contributed by atoms with E-state index >= 15 is 0 Å². The normalized spacial score (nSPS) is 27.9. The molecule has 3 heteroatoms. The molecule has 0 radical (unpaired) electrons. The maximum atomic E-state index is 13.4. The molecule has 1 aromatic carbocycles. The molecule has 0 N–H and O–H groups in total. The number of esters is 1. The molecule has 3 atom stereocenters. The number of allylic oxidation sites excluding steroid dienone is 2. The van der Waals surface area contributed by atoms with Crippen LogP contribution in [0.5, 0.6) is 0 Å². The fourth-order valence-electron chi connectivity index (χ4n) is 4.87. The van der Waals surface area contributed by atoms with Crippen LogP contribution >= 0.6 is 0 Å². The van der Waals surface area contributed by atoms with Gasteiger partial charge >= 0.3 is 5.97 Å². The van der Waals surface area contributed by atoms with Gasteiger partial charge in [-0.1, -0.05) is 62.6 Å². The molecule has 2 bridgehead atoms. The Balaban J connectivity index is 2.02. The number of benzene rings is 1. The number of unbranched alkanes of at least 4 members (excludes halogenated alkanes) is 2. The molecule has 25 heavy (non-hydrogen) atoms. The monoisotopic (exact) mass is 340 g/mol. The zero-order valence-corrected chi connectivity index (χ0v) is 15.3. The van der Waals surface area contributed by atoms with Crippen molar-refractivity contribution in [1.82, 2.24) is 0 Å². The SMILES string of the molecule is CCCCCC12C(=O)C(CC=C1c1ccccc1)CC2CC(=O)OC. The van der Waals surface area contributed by atoms with Crippen LogP contribution in [0.3, 0.4) is 0 Å². The summed E-state index contributed by atoms with van der Waals surface area (Å²) in [4.78, 5) is 25.4. The number of rotatable bonds is 7. The summed E-state index contributed by atoms with van der Waals surface area (Å²) in [7, 11) is 1.43. The van der Waals surface area contributed by atoms with Gasteiger partial charge in [0.1, 0.15) is 5.78 Å². The van der Waals surface area contributed by atoms with E-state index in [-0.39, 0.29) is 17.8 Å². The van der Waals surface area contributed by atoms with E-state index in [2.05, 4.69) is 25.1 Å². The van der Waals surface area contributed by atoms with Gasteiger partial charge in [-0.2, -0.15) is 0 Å². The summed E-state index contributed by atoms with van der Waals surface area (Å²) in [6, 6.07) is 10.2. The van der Waals surface area contributed by atoms with Gasteiger partial charge < -0.3 is 4.74 Å². The number of hydrogen-bond donors (Lipinski definition) is 0. The first-order valence-electron chi connectivity index (χ1n) is 9.50. The molecule has 3 rings (SSSR count). The number of ketones is 1. The van der Waals surface area contributed by atoms with Crippen molar-refractivity contribution in [2.45, 2.75) is 51.9 Å². The van der Waals surface area contributed by atoms with Crippen molar-refractivity contribution in [3.63, 3.8) is 0 Å². The lowest BCUT2D eigenvalue weighted by molar-refractivity contribution is -0.142. The summed E-state index contributed by atoms with van der Waals surface area (Å²) in [6.45, 7) is 2.18. The van der Waals surface area contributed by atoms with Crippen LogP contribution in [0.25, 0.3) is 5.57 Å². The van der Waals surface area contributed by atoms with Crippen molar-refractivity contribution in [3.05, 3.63) is 42.0 Å². The number of hydrogen-bond acceptors (Lipinski definition) is 3. The van der Waals surface area contributed by atoms with E-state index in [1.807, 2.05) is 18.2 Å². The molecule has 0 amide bonds. The molecule has 1 saturated carbocycles. The number of ether oxygens (including phenoxy) is 1. The molecular weight excluding hydrogens is 312 g/mol. The quantitative estimate of drug-likeness (QED) is 0.528. The molecule has 1 fully saturated rings. The molecular formula is C22H28O3. The summed E-state index contributed by atoms with van der Waals surface area (Å²) >= 11 is 0. The van der Waals surface area contributed by atoms with Crippen LogP contribution in [0, 0.1) is 17.3 Å². The van der Waals surface area contributed by atoms with E-state index in [9.17, 15) is 9.59 Å². The van der Waals surface area contributed by atoms with Crippen molar-refractivity contribution in [2.75, 3.05) is 7.11 Å². The van der Waals surface area contributed by atoms with Gasteiger partial charge in [0.25, 0.3) is 0 Å². The fraction of sp³-hybridized carbons (Fsp3) is 0.545. The van der Waals surface area contributed by atoms with Crippen molar-refractivity contribution in [3.8, 4) is 0 Å². The Morgan fingerprint density at radius 1 is 1.24 bits per heavy atom. The second-order valence-corrected chi connectivity index (χ2v) is 7.42. The molecule has 2 aliphatic rings. The van der Waals surface area contributed by atoms with Crippen molar-refractivity contribution in [2.24, 2.45) is 17.3 Å². The van der Waals surface area contributed by atoms with Crippen molar-refractivity contribution in [1.29, 1.82) is 0 Å². The van der Waals surface area contributed by atoms with Gasteiger partial charge in [0, 0.05) is 12.3 Å². The van der Waals surface area contributed by atoms with Crippen LogP contribution < -0.4 is 0 Å². The number of carbonyl (C=O) groups excluding carboxylic acids is 2. The van der Waals surface area contributed by atoms with Crippen LogP contribution in [-0.2, 0) is 14.3 Å². The van der Waals surface area contributed by atoms with Gasteiger partial charge in [-0.3, -0.25) is 9.59 Å². The molecule has 2 aliphatic carbocycles. The third-order valence-electron chi connectivity index (χ3n) is 6.06. The first-order valence-corrected chi connectivity index (χ1v) is 9.50. The number of Topliss-reactive ketones (excluding diaryl/α,β-unsaturated/α-hetero) is 1. The highest BCUT2D eigenvalue weighted by Crippen LogP contribution is 2.59. The molecule has 0 aliphatic heterocycles. The lowest BCUT2D eigenvalue weighted by Gasteiger charge is -2.38. The van der Waals surface area contributed by atoms with Crippen molar-refractivity contribution < 1.29 is 14.3 Å².